The molecule has 0 fully saturated rings. The lowest BCUT2D eigenvalue weighted by Gasteiger charge is -2.30. The standard InChI is InChI=1S/C36H58NO3/c1-5-7-8-9-10-11-12-13-14-15-16-18-22-32-26-28-34(29-27-32)39-36(6-2)40-35(38)25-21-30-37(3,4)31-33-23-19-17-20-24-33/h17,19-20,23-24,26-29,36H,5-16,18,21-22,25,30-31H2,1-4H3/q+1. The number of carbonyl (C=O) groups is 1. The highest BCUT2D eigenvalue weighted by atomic mass is 16.7. The van der Waals surface area contributed by atoms with E-state index >= 15 is 0 Å². The van der Waals surface area contributed by atoms with Gasteiger partial charge in [-0.25, -0.2) is 0 Å². The van der Waals surface area contributed by atoms with E-state index in [2.05, 4.69) is 57.4 Å². The molecule has 0 aliphatic rings. The fourth-order valence-electron chi connectivity index (χ4n) is 5.26. The summed E-state index contributed by atoms with van der Waals surface area (Å²) in [5.41, 5.74) is 2.66. The van der Waals surface area contributed by atoms with Crippen LogP contribution in [-0.4, -0.2) is 37.4 Å². The Morgan fingerprint density at radius 1 is 0.700 bits per heavy atom. The summed E-state index contributed by atoms with van der Waals surface area (Å²) in [5, 5.41) is 0. The summed E-state index contributed by atoms with van der Waals surface area (Å²) in [5.74, 6) is 0.578. The number of carbonyl (C=O) groups excluding carboxylic acids is 1. The maximum atomic E-state index is 12.5. The van der Waals surface area contributed by atoms with Crippen LogP contribution in [0.25, 0.3) is 0 Å². The molecule has 0 amide bonds. The summed E-state index contributed by atoms with van der Waals surface area (Å²) in [6.07, 6.45) is 18.9. The highest BCUT2D eigenvalue weighted by Crippen LogP contribution is 2.19. The number of nitrogens with zero attached hydrogens (tertiary/aromatic N) is 1. The molecule has 0 aromatic heterocycles. The van der Waals surface area contributed by atoms with Crippen molar-refractivity contribution in [3.05, 3.63) is 65.7 Å². The second-order valence-electron chi connectivity index (χ2n) is 12.1. The van der Waals surface area contributed by atoms with Gasteiger partial charge in [-0.1, -0.05) is 127 Å². The number of hydrogen-bond donors (Lipinski definition) is 0. The van der Waals surface area contributed by atoms with E-state index < -0.39 is 6.29 Å². The number of unbranched alkanes of at least 4 members (excludes halogenated alkanes) is 11. The molecule has 0 aliphatic carbocycles. The number of benzene rings is 2. The molecule has 0 saturated carbocycles. The summed E-state index contributed by atoms with van der Waals surface area (Å²) in [6, 6.07) is 18.8. The number of esters is 1. The van der Waals surface area contributed by atoms with Gasteiger partial charge in [0.25, 0.3) is 0 Å². The van der Waals surface area contributed by atoms with Crippen LogP contribution in [0.4, 0.5) is 0 Å². The van der Waals surface area contributed by atoms with Gasteiger partial charge >= 0.3 is 5.97 Å². The fourth-order valence-corrected chi connectivity index (χ4v) is 5.26. The molecule has 0 saturated heterocycles. The Hall–Kier alpha value is -2.33. The molecule has 40 heavy (non-hydrogen) atoms. The van der Waals surface area contributed by atoms with Gasteiger partial charge in [0.05, 0.1) is 27.1 Å². The smallest absolute Gasteiger partial charge is 0.309 e. The zero-order valence-corrected chi connectivity index (χ0v) is 26.2. The van der Waals surface area contributed by atoms with Gasteiger partial charge in [-0.05, 0) is 30.5 Å². The van der Waals surface area contributed by atoms with Crippen LogP contribution in [0.3, 0.4) is 0 Å². The van der Waals surface area contributed by atoms with Crippen LogP contribution in [0.5, 0.6) is 5.75 Å². The van der Waals surface area contributed by atoms with Gasteiger partial charge < -0.3 is 14.0 Å². The molecule has 2 aromatic rings. The Bertz CT molecular complexity index is 894. The van der Waals surface area contributed by atoms with E-state index in [9.17, 15) is 4.79 Å². The molecule has 1 unspecified atom stereocenters. The molecule has 2 rings (SSSR count). The van der Waals surface area contributed by atoms with E-state index in [0.29, 0.717) is 12.8 Å². The average molecular weight is 553 g/mol. The first kappa shape index (κ1) is 33.9. The van der Waals surface area contributed by atoms with Crippen molar-refractivity contribution in [1.29, 1.82) is 0 Å². The van der Waals surface area contributed by atoms with E-state index in [-0.39, 0.29) is 5.97 Å². The number of rotatable bonds is 23. The third-order valence-corrected chi connectivity index (χ3v) is 7.70. The van der Waals surface area contributed by atoms with Crippen LogP contribution in [0, 0.1) is 0 Å². The fraction of sp³-hybridized carbons (Fsp3) is 0.639. The van der Waals surface area contributed by atoms with E-state index in [1.807, 2.05) is 25.1 Å². The van der Waals surface area contributed by atoms with Crippen molar-refractivity contribution in [2.75, 3.05) is 20.6 Å². The Kier molecular flexibility index (Phi) is 17.4. The third kappa shape index (κ3) is 16.1. The van der Waals surface area contributed by atoms with Gasteiger partial charge in [0.15, 0.2) is 0 Å². The van der Waals surface area contributed by atoms with Crippen molar-refractivity contribution in [2.45, 2.75) is 129 Å². The minimum atomic E-state index is -0.540. The Morgan fingerprint density at radius 3 is 1.85 bits per heavy atom. The highest BCUT2D eigenvalue weighted by molar-refractivity contribution is 5.69. The molecule has 0 radical (unpaired) electrons. The van der Waals surface area contributed by atoms with Crippen molar-refractivity contribution < 1.29 is 18.8 Å². The largest absolute Gasteiger partial charge is 0.455 e. The first-order valence-corrected chi connectivity index (χ1v) is 16.2. The van der Waals surface area contributed by atoms with Crippen LogP contribution in [-0.2, 0) is 22.5 Å². The summed E-state index contributed by atoms with van der Waals surface area (Å²) < 4.78 is 12.5. The van der Waals surface area contributed by atoms with Gasteiger partial charge in [0.1, 0.15) is 12.3 Å². The minimum Gasteiger partial charge on any atom is -0.455 e. The molecule has 0 spiro atoms. The van der Waals surface area contributed by atoms with Crippen LogP contribution < -0.4 is 4.74 Å². The molecule has 4 nitrogen and oxygen atoms in total. The summed E-state index contributed by atoms with van der Waals surface area (Å²) in [6.45, 7) is 6.14. The maximum Gasteiger partial charge on any atom is 0.309 e. The number of aryl methyl sites for hydroxylation is 1. The number of ether oxygens (including phenoxy) is 2. The van der Waals surface area contributed by atoms with Gasteiger partial charge in [-0.2, -0.15) is 0 Å². The molecule has 0 aliphatic heterocycles. The Labute approximate surface area is 246 Å². The average Bonchev–Trinajstić information content (AvgIpc) is 2.94. The third-order valence-electron chi connectivity index (χ3n) is 7.70. The van der Waals surface area contributed by atoms with Crippen LogP contribution in [0.15, 0.2) is 54.6 Å². The minimum absolute atomic E-state index is 0.185. The van der Waals surface area contributed by atoms with Gasteiger partial charge in [0.2, 0.25) is 6.29 Å². The molecule has 4 heteroatoms. The van der Waals surface area contributed by atoms with E-state index in [4.69, 9.17) is 9.47 Å². The van der Waals surface area contributed by atoms with E-state index in [1.54, 1.807) is 0 Å². The summed E-state index contributed by atoms with van der Waals surface area (Å²) >= 11 is 0. The lowest BCUT2D eigenvalue weighted by Crippen LogP contribution is -2.39. The molecular formula is C36H58NO3+. The molecule has 0 heterocycles. The lowest BCUT2D eigenvalue weighted by molar-refractivity contribution is -0.903. The zero-order chi connectivity index (χ0) is 28.9. The van der Waals surface area contributed by atoms with Crippen molar-refractivity contribution in [1.82, 2.24) is 0 Å². The number of quaternary nitrogens is 1. The second-order valence-corrected chi connectivity index (χ2v) is 12.1. The predicted octanol–water partition coefficient (Wildman–Crippen LogP) is 9.65. The van der Waals surface area contributed by atoms with Crippen LogP contribution in [0.1, 0.15) is 121 Å². The van der Waals surface area contributed by atoms with E-state index in [0.717, 1.165) is 36.2 Å². The molecular weight excluding hydrogens is 494 g/mol. The molecule has 1 atom stereocenters. The van der Waals surface area contributed by atoms with Crippen LogP contribution >= 0.6 is 0 Å². The second kappa shape index (κ2) is 20.5. The quantitative estimate of drug-likeness (QED) is 0.0596. The van der Waals surface area contributed by atoms with Gasteiger partial charge in [-0.15, -0.1) is 0 Å². The lowest BCUT2D eigenvalue weighted by atomic mass is 10.0. The normalized spacial score (nSPS) is 12.3. The van der Waals surface area contributed by atoms with Crippen LogP contribution in [0.2, 0.25) is 0 Å². The summed E-state index contributed by atoms with van der Waals surface area (Å²) in [7, 11) is 4.41. The SMILES string of the molecule is CCCCCCCCCCCCCCc1ccc(OC(CC)OC(=O)CCC[N+](C)(C)Cc2ccccc2)cc1. The van der Waals surface area contributed by atoms with Gasteiger partial charge in [0, 0.05) is 18.4 Å². The van der Waals surface area contributed by atoms with Crippen molar-refractivity contribution >= 4 is 5.97 Å². The Morgan fingerprint density at radius 2 is 1.27 bits per heavy atom. The molecule has 224 valence electrons. The number of hydrogen-bond acceptors (Lipinski definition) is 3. The van der Waals surface area contributed by atoms with Crippen molar-refractivity contribution in [2.24, 2.45) is 0 Å². The molecule has 0 N–H and O–H groups in total. The van der Waals surface area contributed by atoms with E-state index in [1.165, 1.54) is 88.2 Å². The first-order valence-electron chi connectivity index (χ1n) is 16.2. The van der Waals surface area contributed by atoms with Crippen molar-refractivity contribution in [3.8, 4) is 5.75 Å². The highest BCUT2D eigenvalue weighted by Gasteiger charge is 2.19. The molecule has 2 aromatic carbocycles. The predicted molar refractivity (Wildman–Crippen MR) is 168 cm³/mol. The summed E-state index contributed by atoms with van der Waals surface area (Å²) in [4.78, 5) is 12.5. The maximum absolute atomic E-state index is 12.5. The topological polar surface area (TPSA) is 35.5 Å². The molecule has 0 bridgehead atoms. The van der Waals surface area contributed by atoms with Gasteiger partial charge in [-0.3, -0.25) is 4.79 Å². The first-order chi connectivity index (χ1) is 19.4. The monoisotopic (exact) mass is 552 g/mol. The Balaban J connectivity index is 1.56. The van der Waals surface area contributed by atoms with Crippen molar-refractivity contribution in [3.63, 3.8) is 0 Å². The zero-order valence-electron chi connectivity index (χ0n) is 26.2.